The van der Waals surface area contributed by atoms with Crippen LogP contribution in [0.25, 0.3) is 0 Å². The molecule has 0 aliphatic carbocycles. The van der Waals surface area contributed by atoms with Gasteiger partial charge in [0.15, 0.2) is 6.04 Å². The highest BCUT2D eigenvalue weighted by molar-refractivity contribution is 6.43. The van der Waals surface area contributed by atoms with Gasteiger partial charge in [0.25, 0.3) is 5.91 Å². The maximum absolute atomic E-state index is 11.9. The van der Waals surface area contributed by atoms with Crippen molar-refractivity contribution in [2.75, 3.05) is 6.54 Å². The first-order valence-electron chi connectivity index (χ1n) is 5.45. The molecule has 86 valence electrons. The number of nitrogens with zero attached hydrogens (tertiary/aromatic N) is 1. The van der Waals surface area contributed by atoms with Crippen LogP contribution in [0.4, 0.5) is 0 Å². The van der Waals surface area contributed by atoms with Crippen molar-refractivity contribution in [3.05, 3.63) is 0 Å². The van der Waals surface area contributed by atoms with Gasteiger partial charge in [0.2, 0.25) is 0 Å². The van der Waals surface area contributed by atoms with Crippen molar-refractivity contribution in [3.8, 4) is 0 Å². The van der Waals surface area contributed by atoms with Crippen molar-refractivity contribution in [2.45, 2.75) is 38.7 Å². The lowest BCUT2D eigenvalue weighted by atomic mass is 9.77. The van der Waals surface area contributed by atoms with Crippen LogP contribution in [-0.4, -0.2) is 46.5 Å². The molecule has 5 N–H and O–H groups in total. The molecule has 1 rings (SSSR count). The van der Waals surface area contributed by atoms with Crippen molar-refractivity contribution in [2.24, 2.45) is 5.92 Å². The summed E-state index contributed by atoms with van der Waals surface area (Å²) < 4.78 is 0. The van der Waals surface area contributed by atoms with Crippen LogP contribution in [0.5, 0.6) is 0 Å². The third-order valence-electron chi connectivity index (χ3n) is 3.05. The van der Waals surface area contributed by atoms with Crippen molar-refractivity contribution in [3.63, 3.8) is 0 Å². The molecule has 0 spiro atoms. The van der Waals surface area contributed by atoms with Gasteiger partial charge in [-0.1, -0.05) is 13.8 Å². The molecule has 1 aliphatic rings. The topological polar surface area (TPSA) is 88.4 Å². The summed E-state index contributed by atoms with van der Waals surface area (Å²) in [7, 11) is -1.43. The third kappa shape index (κ3) is 2.71. The number of quaternary nitrogens is 1. The van der Waals surface area contributed by atoms with Crippen LogP contribution < -0.4 is 5.73 Å². The van der Waals surface area contributed by atoms with Gasteiger partial charge in [0.1, 0.15) is 0 Å². The van der Waals surface area contributed by atoms with E-state index in [2.05, 4.69) is 5.73 Å². The van der Waals surface area contributed by atoms with E-state index in [4.69, 9.17) is 10.0 Å². The van der Waals surface area contributed by atoms with Crippen molar-refractivity contribution in [1.82, 2.24) is 4.90 Å². The normalized spacial score (nSPS) is 23.3. The lowest BCUT2D eigenvalue weighted by Gasteiger charge is -2.26. The number of hydrogen-bond acceptors (Lipinski definition) is 3. The van der Waals surface area contributed by atoms with Crippen molar-refractivity contribution >= 4 is 13.0 Å². The predicted octanol–water partition coefficient (Wildman–Crippen LogP) is -1.74. The average Bonchev–Trinajstić information content (AvgIpc) is 2.63. The van der Waals surface area contributed by atoms with Gasteiger partial charge in [-0.15, -0.1) is 0 Å². The van der Waals surface area contributed by atoms with E-state index in [0.717, 1.165) is 6.42 Å². The zero-order valence-corrected chi connectivity index (χ0v) is 9.39. The van der Waals surface area contributed by atoms with E-state index in [1.165, 1.54) is 0 Å². The van der Waals surface area contributed by atoms with Gasteiger partial charge in [-0.25, -0.2) is 0 Å². The largest absolute Gasteiger partial charge is 0.475 e. The van der Waals surface area contributed by atoms with Crippen LogP contribution in [0.1, 0.15) is 26.7 Å². The highest BCUT2D eigenvalue weighted by atomic mass is 16.4. The Balaban J connectivity index is 2.66. The fourth-order valence-corrected chi connectivity index (χ4v) is 1.87. The number of rotatable bonds is 3. The minimum Gasteiger partial charge on any atom is -0.426 e. The van der Waals surface area contributed by atoms with Gasteiger partial charge in [-0.3, -0.25) is 4.79 Å². The first-order valence-corrected chi connectivity index (χ1v) is 5.45. The summed E-state index contributed by atoms with van der Waals surface area (Å²) in [6, 6.07) is -0.302. The fraction of sp³-hybridized carbons (Fsp3) is 0.889. The molecular weight excluding hydrogens is 195 g/mol. The number of amides is 1. The molecule has 1 amide bonds. The third-order valence-corrected chi connectivity index (χ3v) is 3.05. The van der Waals surface area contributed by atoms with E-state index in [9.17, 15) is 4.79 Å². The molecule has 15 heavy (non-hydrogen) atoms. The van der Waals surface area contributed by atoms with Crippen LogP contribution in [0.3, 0.4) is 0 Å². The van der Waals surface area contributed by atoms with Crippen LogP contribution >= 0.6 is 0 Å². The van der Waals surface area contributed by atoms with Gasteiger partial charge in [-0.2, -0.15) is 0 Å². The lowest BCUT2D eigenvalue weighted by Crippen LogP contribution is -2.71. The Morgan fingerprint density at radius 3 is 2.60 bits per heavy atom. The highest BCUT2D eigenvalue weighted by Gasteiger charge is 2.40. The molecule has 2 atom stereocenters. The van der Waals surface area contributed by atoms with E-state index >= 15 is 0 Å². The molecule has 0 aromatic rings. The maximum atomic E-state index is 11.9. The van der Waals surface area contributed by atoms with E-state index < -0.39 is 13.1 Å². The summed E-state index contributed by atoms with van der Waals surface area (Å²) in [6.45, 7) is 4.49. The second-order valence-electron chi connectivity index (χ2n) is 4.51. The van der Waals surface area contributed by atoms with Gasteiger partial charge in [0.05, 0.1) is 5.94 Å². The van der Waals surface area contributed by atoms with Crippen LogP contribution in [0.2, 0.25) is 0 Å². The van der Waals surface area contributed by atoms with Gasteiger partial charge in [0, 0.05) is 12.5 Å². The van der Waals surface area contributed by atoms with Crippen LogP contribution in [-0.2, 0) is 4.79 Å². The van der Waals surface area contributed by atoms with Crippen LogP contribution in [0.15, 0.2) is 0 Å². The first kappa shape index (κ1) is 12.5. The van der Waals surface area contributed by atoms with E-state index in [1.807, 2.05) is 13.8 Å². The second kappa shape index (κ2) is 4.96. The maximum Gasteiger partial charge on any atom is 0.475 e. The number of likely N-dealkylation sites (tertiary alicyclic amines) is 1. The Morgan fingerprint density at radius 2 is 2.13 bits per heavy atom. The quantitative estimate of drug-likeness (QED) is 0.488. The zero-order valence-electron chi connectivity index (χ0n) is 9.39. The monoisotopic (exact) mass is 215 g/mol. The van der Waals surface area contributed by atoms with E-state index in [1.54, 1.807) is 4.90 Å². The number of hydrogen-bond donors (Lipinski definition) is 3. The highest BCUT2D eigenvalue weighted by Crippen LogP contribution is 2.19. The summed E-state index contributed by atoms with van der Waals surface area (Å²) in [5, 5.41) is 18.3. The van der Waals surface area contributed by atoms with Gasteiger partial charge < -0.3 is 20.7 Å². The summed E-state index contributed by atoms with van der Waals surface area (Å²) in [6.07, 6.45) is 1.49. The fourth-order valence-electron chi connectivity index (χ4n) is 1.87. The Hall–Kier alpha value is -0.585. The zero-order chi connectivity index (χ0) is 11.6. The van der Waals surface area contributed by atoms with Gasteiger partial charge >= 0.3 is 7.12 Å². The first-order chi connectivity index (χ1) is 6.95. The predicted molar refractivity (Wildman–Crippen MR) is 56.4 cm³/mol. The molecule has 1 aliphatic heterocycles. The molecule has 0 saturated carbocycles. The molecular formula is C9H20BN2O3+. The van der Waals surface area contributed by atoms with Crippen LogP contribution in [0, 0.1) is 5.92 Å². The van der Waals surface area contributed by atoms with Crippen molar-refractivity contribution in [1.29, 1.82) is 0 Å². The van der Waals surface area contributed by atoms with Crippen molar-refractivity contribution < 1.29 is 20.6 Å². The molecule has 1 fully saturated rings. The molecule has 1 heterocycles. The minimum atomic E-state index is -1.43. The Kier molecular flexibility index (Phi) is 4.13. The molecule has 5 nitrogen and oxygen atoms in total. The Morgan fingerprint density at radius 1 is 1.53 bits per heavy atom. The lowest BCUT2D eigenvalue weighted by molar-refractivity contribution is -0.416. The summed E-state index contributed by atoms with van der Waals surface area (Å²) in [4.78, 5) is 13.5. The van der Waals surface area contributed by atoms with E-state index in [-0.39, 0.29) is 17.9 Å². The Bertz CT molecular complexity index is 235. The summed E-state index contributed by atoms with van der Waals surface area (Å²) in [5.74, 6) is -0.337. The minimum absolute atomic E-state index is 0.0689. The summed E-state index contributed by atoms with van der Waals surface area (Å²) >= 11 is 0. The average molecular weight is 215 g/mol. The number of carbonyl (C=O) groups excluding carboxylic acids is 1. The molecule has 0 aromatic carbocycles. The van der Waals surface area contributed by atoms with E-state index in [0.29, 0.717) is 13.0 Å². The smallest absolute Gasteiger partial charge is 0.426 e. The molecule has 0 radical (unpaired) electrons. The molecule has 0 aromatic heterocycles. The standard InChI is InChI=1S/C9H19BN2O3/c1-6(2)8(11)9(13)12-5-3-4-7(12)10(14)15/h6-8,14-15H,3-5,11H2,1-2H3/p+1/t7-,8-/m0/s1. The molecule has 0 bridgehead atoms. The van der Waals surface area contributed by atoms with Gasteiger partial charge in [-0.05, 0) is 12.8 Å². The Labute approximate surface area is 90.4 Å². The second-order valence-corrected chi connectivity index (χ2v) is 4.51. The number of carbonyl (C=O) groups is 1. The molecule has 6 heteroatoms. The SMILES string of the molecule is CC(C)[C@H]([NH3+])C(=O)N1CCC[C@H]1B(O)O. The molecule has 1 saturated heterocycles. The molecule has 0 unspecified atom stereocenters. The summed E-state index contributed by atoms with van der Waals surface area (Å²) in [5.41, 5.74) is 3.82.